The Hall–Kier alpha value is -4.01. The van der Waals surface area contributed by atoms with Crippen LogP contribution in [0.4, 0.5) is 5.69 Å². The Morgan fingerprint density at radius 3 is 2.54 bits per heavy atom. The van der Waals surface area contributed by atoms with Gasteiger partial charge in [-0.25, -0.2) is 4.52 Å². The maximum absolute atomic E-state index is 13.5. The summed E-state index contributed by atoms with van der Waals surface area (Å²) < 4.78 is 7.09. The van der Waals surface area contributed by atoms with Gasteiger partial charge in [0.25, 0.3) is 5.91 Å². The van der Waals surface area contributed by atoms with Gasteiger partial charge < -0.3 is 25.4 Å². The molecule has 0 radical (unpaired) electrons. The third-order valence-electron chi connectivity index (χ3n) is 9.65. The van der Waals surface area contributed by atoms with Crippen LogP contribution in [0.2, 0.25) is 0 Å². The van der Waals surface area contributed by atoms with Gasteiger partial charge in [0.1, 0.15) is 6.07 Å². The average Bonchev–Trinajstić information content (AvgIpc) is 3.62. The molecule has 1 spiro atoms. The third kappa shape index (κ3) is 4.61. The van der Waals surface area contributed by atoms with E-state index in [4.69, 9.17) is 4.74 Å². The predicted octanol–water partition coefficient (Wildman–Crippen LogP) is 2.50. The molecule has 3 N–H and O–H groups in total. The number of aromatic nitrogens is 3. The van der Waals surface area contributed by atoms with Crippen LogP contribution in [0.15, 0.2) is 36.7 Å². The molecule has 8 rings (SSSR count). The summed E-state index contributed by atoms with van der Waals surface area (Å²) in [4.78, 5) is 32.8. The zero-order valence-corrected chi connectivity index (χ0v) is 22.9. The summed E-state index contributed by atoms with van der Waals surface area (Å²) in [5.41, 5.74) is 2.91. The quantitative estimate of drug-likeness (QED) is 0.421. The molecular weight excluding hydrogens is 522 g/mol. The topological polar surface area (TPSA) is 145 Å². The lowest BCUT2D eigenvalue weighted by Gasteiger charge is -2.51. The number of aliphatic hydroxyl groups is 1. The van der Waals surface area contributed by atoms with Crippen molar-refractivity contribution in [3.63, 3.8) is 0 Å². The molecule has 0 unspecified atom stereocenters. The Bertz CT molecular complexity index is 1560. The molecule has 2 bridgehead atoms. The first kappa shape index (κ1) is 25.9. The van der Waals surface area contributed by atoms with Gasteiger partial charge in [0, 0.05) is 30.2 Å². The number of amides is 2. The number of carbonyl (C=O) groups excluding carboxylic acids is 2. The molecule has 41 heavy (non-hydrogen) atoms. The normalized spacial score (nSPS) is 26.1. The van der Waals surface area contributed by atoms with Crippen molar-refractivity contribution >= 4 is 23.0 Å². The number of likely N-dealkylation sites (tertiary alicyclic amines) is 1. The number of carbonyl (C=O) groups is 2. The summed E-state index contributed by atoms with van der Waals surface area (Å²) in [6.07, 6.45) is 8.62. The molecule has 3 saturated carbocycles. The van der Waals surface area contributed by atoms with Crippen LogP contribution in [0.1, 0.15) is 60.9 Å². The molecule has 3 aromatic heterocycles. The number of rotatable bonds is 6. The Labute approximate surface area is 237 Å². The molecule has 0 aromatic carbocycles. The molecule has 3 aliphatic carbocycles. The van der Waals surface area contributed by atoms with Gasteiger partial charge in [-0.05, 0) is 69.2 Å². The van der Waals surface area contributed by atoms with Gasteiger partial charge >= 0.3 is 0 Å². The van der Waals surface area contributed by atoms with Crippen molar-refractivity contribution in [2.75, 3.05) is 38.2 Å². The molecule has 0 atom stereocenters. The Kier molecular flexibility index (Phi) is 6.03. The first-order valence-corrected chi connectivity index (χ1v) is 14.3. The Morgan fingerprint density at radius 1 is 1.07 bits per heavy atom. The molecule has 11 nitrogen and oxygen atoms in total. The second kappa shape index (κ2) is 9.53. The molecule has 2 aliphatic heterocycles. The molecule has 5 aliphatic rings. The van der Waals surface area contributed by atoms with Gasteiger partial charge in [-0.3, -0.25) is 14.6 Å². The smallest absolute Gasteiger partial charge is 0.255 e. The molecule has 5 heterocycles. The lowest BCUT2D eigenvalue weighted by Crippen LogP contribution is -2.54. The number of ether oxygens (including phenoxy) is 1. The van der Waals surface area contributed by atoms with E-state index in [0.717, 1.165) is 56.2 Å². The van der Waals surface area contributed by atoms with Gasteiger partial charge in [-0.15, -0.1) is 0 Å². The van der Waals surface area contributed by atoms with Crippen molar-refractivity contribution in [1.29, 1.82) is 5.26 Å². The van der Waals surface area contributed by atoms with Crippen molar-refractivity contribution in [3.05, 3.63) is 47.8 Å². The van der Waals surface area contributed by atoms with E-state index in [9.17, 15) is 20.0 Å². The van der Waals surface area contributed by atoms with Gasteiger partial charge in [0.2, 0.25) is 5.91 Å². The lowest BCUT2D eigenvalue weighted by molar-refractivity contribution is -0.133. The molecule has 2 amide bonds. The summed E-state index contributed by atoms with van der Waals surface area (Å²) in [6.45, 7) is 2.67. The minimum absolute atomic E-state index is 0.0797. The number of hydrogen-bond acceptors (Lipinski definition) is 8. The number of nitriles is 1. The van der Waals surface area contributed by atoms with E-state index in [1.807, 2.05) is 23.1 Å². The fraction of sp³-hybridized carbons (Fsp3) is 0.500. The summed E-state index contributed by atoms with van der Waals surface area (Å²) in [5.74, 6) is -0.460. The van der Waals surface area contributed by atoms with Crippen molar-refractivity contribution < 1.29 is 19.4 Å². The number of nitrogens with one attached hydrogen (secondary N) is 2. The summed E-state index contributed by atoms with van der Waals surface area (Å²) in [7, 11) is 0. The highest BCUT2D eigenvalue weighted by Crippen LogP contribution is 2.48. The van der Waals surface area contributed by atoms with Gasteiger partial charge in [0.15, 0.2) is 0 Å². The minimum atomic E-state index is -0.577. The van der Waals surface area contributed by atoms with Crippen LogP contribution in [-0.2, 0) is 9.53 Å². The van der Waals surface area contributed by atoms with Crippen LogP contribution in [0, 0.1) is 16.7 Å². The van der Waals surface area contributed by atoms with Crippen LogP contribution >= 0.6 is 0 Å². The zero-order valence-electron chi connectivity index (χ0n) is 22.9. The van der Waals surface area contributed by atoms with Crippen molar-refractivity contribution in [1.82, 2.24) is 24.8 Å². The highest BCUT2D eigenvalue weighted by atomic mass is 16.5. The summed E-state index contributed by atoms with van der Waals surface area (Å²) in [5, 5.41) is 30.9. The van der Waals surface area contributed by atoms with Crippen molar-refractivity contribution in [2.24, 2.45) is 5.41 Å². The van der Waals surface area contributed by atoms with E-state index < -0.39 is 5.60 Å². The number of nitrogens with zero attached hydrogens (tertiary/aromatic N) is 5. The van der Waals surface area contributed by atoms with Crippen LogP contribution in [0.5, 0.6) is 0 Å². The number of pyridine rings is 1. The van der Waals surface area contributed by atoms with E-state index in [2.05, 4.69) is 26.8 Å². The van der Waals surface area contributed by atoms with E-state index in [1.165, 1.54) is 6.20 Å². The van der Waals surface area contributed by atoms with E-state index in [0.29, 0.717) is 48.8 Å². The molecule has 3 aromatic rings. The molecular formula is C30H33N7O4. The van der Waals surface area contributed by atoms with E-state index in [1.54, 1.807) is 16.8 Å². The number of anilines is 1. The first-order chi connectivity index (χ1) is 19.8. The summed E-state index contributed by atoms with van der Waals surface area (Å²) in [6, 6.07) is 9.51. The van der Waals surface area contributed by atoms with Gasteiger partial charge in [-0.2, -0.15) is 10.4 Å². The van der Waals surface area contributed by atoms with Crippen molar-refractivity contribution in [2.45, 2.75) is 56.1 Å². The number of hydrogen-bond donors (Lipinski definition) is 3. The second-order valence-electron chi connectivity index (χ2n) is 12.4. The first-order valence-electron chi connectivity index (χ1n) is 14.3. The largest absolute Gasteiger partial charge is 0.390 e. The average molecular weight is 556 g/mol. The lowest BCUT2D eigenvalue weighted by atomic mass is 9.63. The predicted molar refractivity (Wildman–Crippen MR) is 149 cm³/mol. The number of fused-ring (bicyclic) bond motifs is 4. The zero-order chi connectivity index (χ0) is 28.2. The SMILES string of the molecule is N#Cc1cnn2c(-c3cc(NC45CCC(O)(CC4)CC5)c(C(=O)NCC(=O)N4CCC5(COC5)C4)cn3)ccc2c1. The second-order valence-corrected chi connectivity index (χ2v) is 12.4. The maximum atomic E-state index is 13.5. The van der Waals surface area contributed by atoms with Crippen LogP contribution in [0.3, 0.4) is 0 Å². The fourth-order valence-corrected chi connectivity index (χ4v) is 6.91. The highest BCUT2D eigenvalue weighted by molar-refractivity contribution is 6.01. The Morgan fingerprint density at radius 2 is 1.85 bits per heavy atom. The van der Waals surface area contributed by atoms with E-state index in [-0.39, 0.29) is 29.3 Å². The fourth-order valence-electron chi connectivity index (χ4n) is 6.91. The van der Waals surface area contributed by atoms with E-state index >= 15 is 0 Å². The molecule has 212 valence electrons. The van der Waals surface area contributed by atoms with Crippen LogP contribution < -0.4 is 10.6 Å². The van der Waals surface area contributed by atoms with Gasteiger partial charge in [-0.1, -0.05) is 0 Å². The minimum Gasteiger partial charge on any atom is -0.390 e. The Balaban J connectivity index is 1.15. The standard InChI is InChI=1S/C30H33N7O4/c31-13-20-11-21-1-2-25(37(21)34-14-20)24-12-23(35-29-3-6-30(40,7-4-29)8-5-29)22(15-32-24)27(39)33-16-26(38)36-10-9-28(17-36)18-41-19-28/h1-2,11-12,14-15,40H,3-10,16-19H2,(H,32,35)(H,33,39). The summed E-state index contributed by atoms with van der Waals surface area (Å²) >= 11 is 0. The molecule has 11 heteroatoms. The van der Waals surface area contributed by atoms with Crippen LogP contribution in [-0.4, -0.2) is 80.4 Å². The highest BCUT2D eigenvalue weighted by Gasteiger charge is 2.48. The maximum Gasteiger partial charge on any atom is 0.255 e. The van der Waals surface area contributed by atoms with Crippen molar-refractivity contribution in [3.8, 4) is 17.5 Å². The third-order valence-corrected chi connectivity index (χ3v) is 9.65. The molecule has 2 saturated heterocycles. The molecule has 5 fully saturated rings. The monoisotopic (exact) mass is 555 g/mol. The van der Waals surface area contributed by atoms with Gasteiger partial charge in [0.05, 0.1) is 65.3 Å². The van der Waals surface area contributed by atoms with Crippen LogP contribution in [0.25, 0.3) is 16.9 Å².